The van der Waals surface area contributed by atoms with Gasteiger partial charge in [-0.15, -0.1) is 0 Å². The molecule has 0 fully saturated rings. The summed E-state index contributed by atoms with van der Waals surface area (Å²) >= 11 is 0.148. The predicted octanol–water partition coefficient (Wildman–Crippen LogP) is 7.47. The molecule has 0 atom stereocenters. The Bertz CT molecular complexity index is 1840. The third kappa shape index (κ3) is 4.38. The Morgan fingerprint density at radius 1 is 0.744 bits per heavy atom. The first-order valence-electron chi connectivity index (χ1n) is 13.0. The molecule has 0 saturated heterocycles. The number of rotatable bonds is 5. The zero-order chi connectivity index (χ0) is 26.3. The zero-order valence-corrected chi connectivity index (χ0v) is 23.5. The van der Waals surface area contributed by atoms with Crippen molar-refractivity contribution < 1.29 is 0 Å². The van der Waals surface area contributed by atoms with E-state index >= 15 is 0 Å². The molecule has 0 amide bonds. The molecule has 7 rings (SSSR count). The molecule has 3 aromatic heterocycles. The van der Waals surface area contributed by atoms with Crippen LogP contribution in [0.5, 0.6) is 0 Å². The van der Waals surface area contributed by atoms with Crippen molar-refractivity contribution in [3.8, 4) is 11.3 Å². The van der Waals surface area contributed by atoms with Crippen LogP contribution in [0.1, 0.15) is 5.69 Å². The number of hydrogen-bond acceptors (Lipinski definition) is 5. The van der Waals surface area contributed by atoms with Crippen molar-refractivity contribution in [1.29, 1.82) is 0 Å². The van der Waals surface area contributed by atoms with Crippen molar-refractivity contribution in [3.63, 3.8) is 0 Å². The SMILES string of the molecule is Cc1ccc2c(n1)[se]c1c(-c3cccc(N(c4ccccc4)c4cccc(N5C=CN(C)C5)c4)n3)cccc12. The van der Waals surface area contributed by atoms with Crippen molar-refractivity contribution in [2.75, 3.05) is 23.5 Å². The summed E-state index contributed by atoms with van der Waals surface area (Å²) in [5.41, 5.74) is 6.54. The van der Waals surface area contributed by atoms with Crippen molar-refractivity contribution in [2.24, 2.45) is 0 Å². The predicted molar refractivity (Wildman–Crippen MR) is 163 cm³/mol. The third-order valence-electron chi connectivity index (χ3n) is 7.05. The summed E-state index contributed by atoms with van der Waals surface area (Å²) in [5, 5.41) is 2.55. The van der Waals surface area contributed by atoms with Gasteiger partial charge in [0.1, 0.15) is 0 Å². The van der Waals surface area contributed by atoms with Gasteiger partial charge in [-0.05, 0) is 0 Å². The summed E-state index contributed by atoms with van der Waals surface area (Å²) < 4.78 is 2.58. The van der Waals surface area contributed by atoms with Crippen molar-refractivity contribution in [2.45, 2.75) is 6.92 Å². The summed E-state index contributed by atoms with van der Waals surface area (Å²) in [6, 6.07) is 36.4. The summed E-state index contributed by atoms with van der Waals surface area (Å²) in [5.74, 6) is 0.888. The van der Waals surface area contributed by atoms with E-state index in [0.29, 0.717) is 0 Å². The average molecular weight is 573 g/mol. The molecule has 0 spiro atoms. The van der Waals surface area contributed by atoms with Crippen LogP contribution in [0.3, 0.4) is 0 Å². The van der Waals surface area contributed by atoms with Gasteiger partial charge in [-0.3, -0.25) is 0 Å². The van der Waals surface area contributed by atoms with Crippen LogP contribution in [-0.4, -0.2) is 43.1 Å². The first-order valence-corrected chi connectivity index (χ1v) is 14.7. The second-order valence-corrected chi connectivity index (χ2v) is 11.9. The topological polar surface area (TPSA) is 35.5 Å². The van der Waals surface area contributed by atoms with E-state index in [-0.39, 0.29) is 14.5 Å². The monoisotopic (exact) mass is 573 g/mol. The zero-order valence-electron chi connectivity index (χ0n) is 21.8. The van der Waals surface area contributed by atoms with Crippen LogP contribution >= 0.6 is 0 Å². The van der Waals surface area contributed by atoms with Crippen LogP contribution in [0.25, 0.3) is 30.7 Å². The van der Waals surface area contributed by atoms with Gasteiger partial charge in [-0.2, -0.15) is 0 Å². The van der Waals surface area contributed by atoms with E-state index < -0.39 is 0 Å². The Hall–Kier alpha value is -4.38. The molecule has 6 aromatic rings. The van der Waals surface area contributed by atoms with Gasteiger partial charge in [0.2, 0.25) is 0 Å². The second kappa shape index (κ2) is 9.73. The van der Waals surface area contributed by atoms with E-state index in [9.17, 15) is 0 Å². The molecular weight excluding hydrogens is 545 g/mol. The second-order valence-electron chi connectivity index (χ2n) is 9.83. The van der Waals surface area contributed by atoms with Gasteiger partial charge in [0, 0.05) is 7.05 Å². The maximum absolute atomic E-state index is 5.27. The Morgan fingerprint density at radius 2 is 1.56 bits per heavy atom. The Labute approximate surface area is 234 Å². The van der Waals surface area contributed by atoms with E-state index in [1.807, 2.05) is 0 Å². The Kier molecular flexibility index (Phi) is 5.92. The molecule has 1 aliphatic heterocycles. The summed E-state index contributed by atoms with van der Waals surface area (Å²) in [7, 11) is 2.09. The standard InChI is InChI=1S/C33H27N5Se/c1-23-17-18-28-27-13-7-14-29(32(27)39-33(28)34-23)30-15-8-16-31(35-30)38(24-9-4-3-5-10-24)26-12-6-11-25(21-26)37-20-19-36(2)22-37/h3-21H,22H2,1-2H3. The van der Waals surface area contributed by atoms with E-state index in [4.69, 9.17) is 9.97 Å². The quantitative estimate of drug-likeness (QED) is 0.200. The first-order chi connectivity index (χ1) is 19.1. The molecule has 0 bridgehead atoms. The molecule has 1 aliphatic rings. The Morgan fingerprint density at radius 3 is 2.41 bits per heavy atom. The number of nitrogens with zero attached hydrogens (tertiary/aromatic N) is 5. The molecule has 0 N–H and O–H groups in total. The van der Waals surface area contributed by atoms with Crippen LogP contribution in [0.15, 0.2) is 116 Å². The van der Waals surface area contributed by atoms with Crippen LogP contribution < -0.4 is 9.80 Å². The molecule has 0 radical (unpaired) electrons. The number of hydrogen-bond donors (Lipinski definition) is 0. The molecule has 0 saturated carbocycles. The Balaban J connectivity index is 1.36. The maximum atomic E-state index is 5.27. The van der Waals surface area contributed by atoms with Crippen LogP contribution in [0.2, 0.25) is 0 Å². The van der Waals surface area contributed by atoms with Gasteiger partial charge in [0.05, 0.1) is 0 Å². The van der Waals surface area contributed by atoms with Crippen LogP contribution in [0, 0.1) is 6.92 Å². The number of benzene rings is 3. The van der Waals surface area contributed by atoms with Crippen molar-refractivity contribution in [1.82, 2.24) is 14.9 Å². The first kappa shape index (κ1) is 23.7. The summed E-state index contributed by atoms with van der Waals surface area (Å²) in [6.07, 6.45) is 4.22. The van der Waals surface area contributed by atoms with Crippen LogP contribution in [0.4, 0.5) is 22.9 Å². The van der Waals surface area contributed by atoms with E-state index in [2.05, 4.69) is 144 Å². The molecule has 0 unspecified atom stereocenters. The molecule has 3 aromatic carbocycles. The number of fused-ring (bicyclic) bond motifs is 3. The van der Waals surface area contributed by atoms with Gasteiger partial charge in [-0.1, -0.05) is 0 Å². The molecular formula is C33H27N5Se. The molecule has 4 heterocycles. The fourth-order valence-electron chi connectivity index (χ4n) is 5.17. The number of para-hydroxylation sites is 1. The summed E-state index contributed by atoms with van der Waals surface area (Å²) in [4.78, 5) is 16.8. The molecule has 39 heavy (non-hydrogen) atoms. The normalized spacial score (nSPS) is 13.1. The molecule has 6 heteroatoms. The minimum atomic E-state index is 0.148. The molecule has 190 valence electrons. The molecule has 5 nitrogen and oxygen atoms in total. The van der Waals surface area contributed by atoms with E-state index in [0.717, 1.165) is 40.9 Å². The van der Waals surface area contributed by atoms with Crippen LogP contribution in [-0.2, 0) is 0 Å². The third-order valence-corrected chi connectivity index (χ3v) is 9.46. The molecule has 0 aliphatic carbocycles. The van der Waals surface area contributed by atoms with Crippen molar-refractivity contribution in [3.05, 3.63) is 121 Å². The number of aromatic nitrogens is 2. The van der Waals surface area contributed by atoms with Gasteiger partial charge in [0.15, 0.2) is 0 Å². The average Bonchev–Trinajstić information content (AvgIpc) is 3.57. The van der Waals surface area contributed by atoms with Gasteiger partial charge >= 0.3 is 228 Å². The van der Waals surface area contributed by atoms with Gasteiger partial charge in [-0.25, -0.2) is 0 Å². The minimum absolute atomic E-state index is 0.148. The fraction of sp³-hybridized carbons (Fsp3) is 0.0909. The number of pyridine rings is 2. The fourth-order valence-corrected chi connectivity index (χ4v) is 7.77. The summed E-state index contributed by atoms with van der Waals surface area (Å²) in [6.45, 7) is 2.90. The number of aryl methyl sites for hydroxylation is 1. The van der Waals surface area contributed by atoms with Gasteiger partial charge in [0.25, 0.3) is 0 Å². The van der Waals surface area contributed by atoms with Crippen molar-refractivity contribution >= 4 is 56.8 Å². The van der Waals surface area contributed by atoms with E-state index in [1.165, 1.54) is 25.0 Å². The van der Waals surface area contributed by atoms with E-state index in [1.54, 1.807) is 0 Å². The number of anilines is 4. The van der Waals surface area contributed by atoms with Gasteiger partial charge < -0.3 is 0 Å².